The van der Waals surface area contributed by atoms with Crippen molar-refractivity contribution in [2.45, 2.75) is 46.1 Å². The van der Waals surface area contributed by atoms with Gasteiger partial charge in [0, 0.05) is 43.6 Å². The zero-order valence-corrected chi connectivity index (χ0v) is 13.9. The van der Waals surface area contributed by atoms with Crippen LogP contribution in [0.15, 0.2) is 24.3 Å². The Morgan fingerprint density at radius 3 is 2.19 bits per heavy atom. The minimum Gasteiger partial charge on any atom is -0.372 e. The fraction of sp³-hybridized carbons (Fsp3) is 0.667. The third kappa shape index (κ3) is 4.37. The lowest BCUT2D eigenvalue weighted by molar-refractivity contribution is 0.416. The molecule has 1 N–H and O–H groups in total. The Bertz CT molecular complexity index is 389. The van der Waals surface area contributed by atoms with E-state index in [0.717, 1.165) is 25.7 Å². The maximum atomic E-state index is 3.65. The third-order valence-electron chi connectivity index (χ3n) is 4.52. The van der Waals surface area contributed by atoms with E-state index in [1.54, 1.807) is 0 Å². The van der Waals surface area contributed by atoms with Gasteiger partial charge in [-0.3, -0.25) is 0 Å². The van der Waals surface area contributed by atoms with Crippen LogP contribution in [0.4, 0.5) is 11.4 Å². The fourth-order valence-electron chi connectivity index (χ4n) is 3.15. The number of nitrogens with zero attached hydrogens (tertiary/aromatic N) is 2. The second-order valence-corrected chi connectivity index (χ2v) is 5.90. The second-order valence-electron chi connectivity index (χ2n) is 5.90. The predicted molar refractivity (Wildman–Crippen MR) is 93.5 cm³/mol. The topological polar surface area (TPSA) is 18.5 Å². The molecular weight excluding hydrogens is 258 g/mol. The van der Waals surface area contributed by atoms with Crippen LogP contribution in [0, 0.1) is 0 Å². The van der Waals surface area contributed by atoms with Gasteiger partial charge in [-0.05, 0) is 63.9 Å². The van der Waals surface area contributed by atoms with E-state index in [0.29, 0.717) is 0 Å². The van der Waals surface area contributed by atoms with E-state index >= 15 is 0 Å². The van der Waals surface area contributed by atoms with Gasteiger partial charge in [0.05, 0.1) is 0 Å². The van der Waals surface area contributed by atoms with E-state index in [9.17, 15) is 0 Å². The van der Waals surface area contributed by atoms with Crippen molar-refractivity contribution in [3.8, 4) is 0 Å². The Hall–Kier alpha value is -1.22. The number of hydrogen-bond acceptors (Lipinski definition) is 3. The summed E-state index contributed by atoms with van der Waals surface area (Å²) < 4.78 is 0. The first-order valence-corrected chi connectivity index (χ1v) is 8.61. The van der Waals surface area contributed by atoms with Crippen molar-refractivity contribution in [1.82, 2.24) is 5.32 Å². The Morgan fingerprint density at radius 1 is 1.05 bits per heavy atom. The summed E-state index contributed by atoms with van der Waals surface area (Å²) in [7, 11) is 0. The molecule has 0 unspecified atom stereocenters. The van der Waals surface area contributed by atoms with Gasteiger partial charge in [0.1, 0.15) is 0 Å². The van der Waals surface area contributed by atoms with Crippen LogP contribution in [0.5, 0.6) is 0 Å². The number of rotatable bonds is 7. The van der Waals surface area contributed by atoms with E-state index in [-0.39, 0.29) is 0 Å². The monoisotopic (exact) mass is 289 g/mol. The van der Waals surface area contributed by atoms with E-state index in [2.05, 4.69) is 60.2 Å². The summed E-state index contributed by atoms with van der Waals surface area (Å²) in [6, 6.07) is 9.82. The van der Waals surface area contributed by atoms with Crippen LogP contribution < -0.4 is 15.1 Å². The van der Waals surface area contributed by atoms with Crippen LogP contribution in [0.2, 0.25) is 0 Å². The van der Waals surface area contributed by atoms with E-state index in [1.807, 2.05) is 0 Å². The molecule has 1 aliphatic heterocycles. The summed E-state index contributed by atoms with van der Waals surface area (Å²) in [6.07, 6.45) is 3.75. The number of piperidine rings is 1. The first-order valence-electron chi connectivity index (χ1n) is 8.61. The van der Waals surface area contributed by atoms with Crippen LogP contribution in [-0.4, -0.2) is 38.8 Å². The van der Waals surface area contributed by atoms with Crippen molar-refractivity contribution in [3.05, 3.63) is 24.3 Å². The molecule has 3 heteroatoms. The van der Waals surface area contributed by atoms with Crippen molar-refractivity contribution >= 4 is 11.4 Å². The van der Waals surface area contributed by atoms with Gasteiger partial charge in [0.15, 0.2) is 0 Å². The van der Waals surface area contributed by atoms with Crippen LogP contribution in [0.25, 0.3) is 0 Å². The summed E-state index contributed by atoms with van der Waals surface area (Å²) in [5.74, 6) is 0. The SMILES string of the molecule is CCCNC1CCN(c2ccc(N(CC)CC)cc2)CC1. The first kappa shape index (κ1) is 16.2. The summed E-state index contributed by atoms with van der Waals surface area (Å²) in [4.78, 5) is 4.92. The van der Waals surface area contributed by atoms with Crippen molar-refractivity contribution < 1.29 is 0 Å². The van der Waals surface area contributed by atoms with Crippen LogP contribution in [0.1, 0.15) is 40.0 Å². The molecule has 1 heterocycles. The molecule has 1 aliphatic rings. The lowest BCUT2D eigenvalue weighted by Crippen LogP contribution is -2.42. The van der Waals surface area contributed by atoms with Crippen molar-refractivity contribution in [1.29, 1.82) is 0 Å². The molecule has 1 aromatic carbocycles. The zero-order valence-electron chi connectivity index (χ0n) is 13.9. The van der Waals surface area contributed by atoms with E-state index in [4.69, 9.17) is 0 Å². The molecule has 0 aromatic heterocycles. The Balaban J connectivity index is 1.89. The van der Waals surface area contributed by atoms with Crippen LogP contribution in [-0.2, 0) is 0 Å². The molecule has 1 aromatic rings. The van der Waals surface area contributed by atoms with Crippen LogP contribution >= 0.6 is 0 Å². The molecule has 1 fully saturated rings. The quantitative estimate of drug-likeness (QED) is 0.829. The molecule has 118 valence electrons. The highest BCUT2D eigenvalue weighted by atomic mass is 15.2. The molecule has 0 spiro atoms. The minimum atomic E-state index is 0.719. The van der Waals surface area contributed by atoms with Gasteiger partial charge in [-0.25, -0.2) is 0 Å². The molecule has 0 bridgehead atoms. The smallest absolute Gasteiger partial charge is 0.0367 e. The van der Waals surface area contributed by atoms with Crippen molar-refractivity contribution in [3.63, 3.8) is 0 Å². The molecule has 0 atom stereocenters. The molecular formula is C18H31N3. The Kier molecular flexibility index (Phi) is 6.37. The zero-order chi connectivity index (χ0) is 15.1. The lowest BCUT2D eigenvalue weighted by Gasteiger charge is -2.34. The highest BCUT2D eigenvalue weighted by molar-refractivity contribution is 5.56. The average Bonchev–Trinajstić information content (AvgIpc) is 2.55. The summed E-state index contributed by atoms with van der Waals surface area (Å²) >= 11 is 0. The Morgan fingerprint density at radius 2 is 1.67 bits per heavy atom. The highest BCUT2D eigenvalue weighted by Crippen LogP contribution is 2.23. The predicted octanol–water partition coefficient (Wildman–Crippen LogP) is 3.50. The van der Waals surface area contributed by atoms with Gasteiger partial charge in [0.2, 0.25) is 0 Å². The summed E-state index contributed by atoms with van der Waals surface area (Å²) in [5.41, 5.74) is 2.71. The van der Waals surface area contributed by atoms with Gasteiger partial charge in [-0.1, -0.05) is 6.92 Å². The standard InChI is InChI=1S/C18H31N3/c1-4-13-19-16-11-14-21(15-12-16)18-9-7-17(8-10-18)20(5-2)6-3/h7-10,16,19H,4-6,11-15H2,1-3H3. The minimum absolute atomic E-state index is 0.719. The number of hydrogen-bond donors (Lipinski definition) is 1. The number of anilines is 2. The summed E-state index contributed by atoms with van der Waals surface area (Å²) in [5, 5.41) is 3.65. The second kappa shape index (κ2) is 8.28. The maximum absolute atomic E-state index is 3.65. The molecule has 0 amide bonds. The van der Waals surface area contributed by atoms with Gasteiger partial charge in [0.25, 0.3) is 0 Å². The van der Waals surface area contributed by atoms with Crippen molar-refractivity contribution in [2.24, 2.45) is 0 Å². The van der Waals surface area contributed by atoms with E-state index < -0.39 is 0 Å². The normalized spacial score (nSPS) is 16.2. The molecule has 21 heavy (non-hydrogen) atoms. The van der Waals surface area contributed by atoms with E-state index in [1.165, 1.54) is 43.7 Å². The van der Waals surface area contributed by atoms with Gasteiger partial charge in [-0.2, -0.15) is 0 Å². The average molecular weight is 289 g/mol. The van der Waals surface area contributed by atoms with Gasteiger partial charge in [-0.15, -0.1) is 0 Å². The largest absolute Gasteiger partial charge is 0.372 e. The first-order chi connectivity index (χ1) is 10.3. The molecule has 3 nitrogen and oxygen atoms in total. The molecule has 0 radical (unpaired) electrons. The number of benzene rings is 1. The fourth-order valence-corrected chi connectivity index (χ4v) is 3.15. The Labute approximate surface area is 130 Å². The maximum Gasteiger partial charge on any atom is 0.0367 e. The summed E-state index contributed by atoms with van der Waals surface area (Å²) in [6.45, 7) is 12.3. The third-order valence-corrected chi connectivity index (χ3v) is 4.52. The highest BCUT2D eigenvalue weighted by Gasteiger charge is 2.18. The molecule has 0 aliphatic carbocycles. The molecule has 0 saturated carbocycles. The van der Waals surface area contributed by atoms with Crippen molar-refractivity contribution in [2.75, 3.05) is 42.5 Å². The van der Waals surface area contributed by atoms with Gasteiger partial charge >= 0.3 is 0 Å². The number of nitrogens with one attached hydrogen (secondary N) is 1. The molecule has 2 rings (SSSR count). The molecule has 1 saturated heterocycles. The van der Waals surface area contributed by atoms with Gasteiger partial charge < -0.3 is 15.1 Å². The van der Waals surface area contributed by atoms with Crippen LogP contribution in [0.3, 0.4) is 0 Å². The lowest BCUT2D eigenvalue weighted by atomic mass is 10.0.